The second-order valence-corrected chi connectivity index (χ2v) is 3.48. The summed E-state index contributed by atoms with van der Waals surface area (Å²) in [6.07, 6.45) is 2.95. The van der Waals surface area contributed by atoms with Crippen molar-refractivity contribution < 1.29 is 14.6 Å². The number of hydrogen-bond donors (Lipinski definition) is 1. The van der Waals surface area contributed by atoms with Crippen molar-refractivity contribution in [1.82, 2.24) is 9.97 Å². The third kappa shape index (κ3) is 1.20. The second kappa shape index (κ2) is 3.22. The Kier molecular flexibility index (Phi) is 2.05. The van der Waals surface area contributed by atoms with E-state index in [9.17, 15) is 9.90 Å². The topological polar surface area (TPSA) is 72.3 Å². The van der Waals surface area contributed by atoms with Crippen LogP contribution in [0.5, 0.6) is 5.75 Å². The monoisotopic (exact) mass is 210 g/mol. The maximum absolute atomic E-state index is 11.2. The van der Waals surface area contributed by atoms with E-state index in [0.717, 1.165) is 11.3 Å². The Bertz CT molecular complexity index is 494. The van der Waals surface area contributed by atoms with Gasteiger partial charge in [0.25, 0.3) is 0 Å². The maximum atomic E-state index is 11.2. The molecule has 72 valence electrons. The molecule has 2 aromatic heterocycles. The lowest BCUT2D eigenvalue weighted by Gasteiger charge is -1.93. The van der Waals surface area contributed by atoms with Crippen LogP contribution in [0.4, 0.5) is 0 Å². The Labute approximate surface area is 83.0 Å². The summed E-state index contributed by atoms with van der Waals surface area (Å²) < 4.78 is 4.50. The fraction of sp³-hybridized carbons (Fsp3) is 0.125. The van der Waals surface area contributed by atoms with Gasteiger partial charge in [0, 0.05) is 12.4 Å². The van der Waals surface area contributed by atoms with E-state index in [-0.39, 0.29) is 10.6 Å². The number of fused-ring (bicyclic) bond motifs is 1. The Morgan fingerprint density at radius 3 is 2.86 bits per heavy atom. The zero-order valence-corrected chi connectivity index (χ0v) is 8.04. The highest BCUT2D eigenvalue weighted by Gasteiger charge is 2.19. The number of rotatable bonds is 1. The molecule has 0 spiro atoms. The molecule has 2 aromatic rings. The second-order valence-electron chi connectivity index (χ2n) is 2.48. The number of carbonyl (C=O) groups excluding carboxylic acids is 1. The SMILES string of the molecule is COC(=O)c1sc2nccnc2c1O. The molecule has 5 nitrogen and oxygen atoms in total. The van der Waals surface area contributed by atoms with Crippen LogP contribution < -0.4 is 0 Å². The Morgan fingerprint density at radius 2 is 2.21 bits per heavy atom. The predicted molar refractivity (Wildman–Crippen MR) is 50.4 cm³/mol. The lowest BCUT2D eigenvalue weighted by Crippen LogP contribution is -1.97. The highest BCUT2D eigenvalue weighted by atomic mass is 32.1. The van der Waals surface area contributed by atoms with Crippen molar-refractivity contribution in [2.24, 2.45) is 0 Å². The minimum absolute atomic E-state index is 0.133. The average Bonchev–Trinajstić information content (AvgIpc) is 2.56. The fourth-order valence-electron chi connectivity index (χ4n) is 1.05. The molecule has 1 N–H and O–H groups in total. The van der Waals surface area contributed by atoms with Crippen molar-refractivity contribution in [2.75, 3.05) is 7.11 Å². The molecule has 0 radical (unpaired) electrons. The minimum atomic E-state index is -0.577. The third-order valence-electron chi connectivity index (χ3n) is 1.67. The highest BCUT2D eigenvalue weighted by Crippen LogP contribution is 2.34. The van der Waals surface area contributed by atoms with Gasteiger partial charge in [0.2, 0.25) is 0 Å². The van der Waals surface area contributed by atoms with E-state index in [4.69, 9.17) is 0 Å². The quantitative estimate of drug-likeness (QED) is 0.715. The van der Waals surface area contributed by atoms with Gasteiger partial charge in [-0.3, -0.25) is 0 Å². The van der Waals surface area contributed by atoms with Gasteiger partial charge in [-0.15, -0.1) is 11.3 Å². The first-order chi connectivity index (χ1) is 6.74. The van der Waals surface area contributed by atoms with Crippen molar-refractivity contribution in [3.63, 3.8) is 0 Å². The van der Waals surface area contributed by atoms with E-state index in [1.54, 1.807) is 0 Å². The molecule has 0 aliphatic heterocycles. The highest BCUT2D eigenvalue weighted by molar-refractivity contribution is 7.20. The van der Waals surface area contributed by atoms with Gasteiger partial charge in [-0.1, -0.05) is 0 Å². The van der Waals surface area contributed by atoms with Crippen molar-refractivity contribution >= 4 is 27.7 Å². The summed E-state index contributed by atoms with van der Waals surface area (Å²) in [5.41, 5.74) is 0.331. The molecule has 0 aliphatic carbocycles. The smallest absolute Gasteiger partial charge is 0.352 e. The van der Waals surface area contributed by atoms with Crippen LogP contribution in [0, 0.1) is 0 Å². The summed E-state index contributed by atoms with van der Waals surface area (Å²) in [6, 6.07) is 0. The van der Waals surface area contributed by atoms with E-state index in [1.807, 2.05) is 0 Å². The van der Waals surface area contributed by atoms with Gasteiger partial charge in [0.15, 0.2) is 10.6 Å². The Hall–Kier alpha value is -1.69. The van der Waals surface area contributed by atoms with Gasteiger partial charge in [-0.25, -0.2) is 14.8 Å². The minimum Gasteiger partial charge on any atom is -0.504 e. The third-order valence-corrected chi connectivity index (χ3v) is 2.73. The molecule has 0 fully saturated rings. The molecule has 0 bridgehead atoms. The van der Waals surface area contributed by atoms with E-state index < -0.39 is 5.97 Å². The number of aromatic hydroxyl groups is 1. The van der Waals surface area contributed by atoms with Gasteiger partial charge < -0.3 is 9.84 Å². The number of thiophene rings is 1. The summed E-state index contributed by atoms with van der Waals surface area (Å²) in [7, 11) is 1.26. The van der Waals surface area contributed by atoms with Crippen LogP contribution in [0.1, 0.15) is 9.67 Å². The summed E-state index contributed by atoms with van der Waals surface area (Å²) in [4.78, 5) is 19.7. The molecule has 0 atom stereocenters. The molecule has 0 aliphatic rings. The number of methoxy groups -OCH3 is 1. The lowest BCUT2D eigenvalue weighted by atomic mass is 10.4. The lowest BCUT2D eigenvalue weighted by molar-refractivity contribution is 0.0603. The molecule has 0 unspecified atom stereocenters. The molecule has 0 saturated carbocycles. The van der Waals surface area contributed by atoms with Crippen LogP contribution >= 0.6 is 11.3 Å². The maximum Gasteiger partial charge on any atom is 0.352 e. The molecule has 6 heteroatoms. The normalized spacial score (nSPS) is 10.4. The van der Waals surface area contributed by atoms with E-state index in [0.29, 0.717) is 10.3 Å². The van der Waals surface area contributed by atoms with Crippen LogP contribution in [0.3, 0.4) is 0 Å². The Morgan fingerprint density at radius 1 is 1.50 bits per heavy atom. The molecule has 0 aromatic carbocycles. The summed E-state index contributed by atoms with van der Waals surface area (Å²) in [6.45, 7) is 0. The number of aromatic nitrogens is 2. The van der Waals surface area contributed by atoms with Gasteiger partial charge in [0.1, 0.15) is 10.3 Å². The Balaban J connectivity index is 2.68. The summed E-state index contributed by atoms with van der Waals surface area (Å²) in [5, 5.41) is 9.60. The average molecular weight is 210 g/mol. The first-order valence-corrected chi connectivity index (χ1v) is 4.56. The first kappa shape index (κ1) is 8.89. The zero-order valence-electron chi connectivity index (χ0n) is 7.22. The van der Waals surface area contributed by atoms with E-state index in [2.05, 4.69) is 14.7 Å². The molecule has 2 heterocycles. The van der Waals surface area contributed by atoms with Gasteiger partial charge in [0.05, 0.1) is 7.11 Å². The fourth-order valence-corrected chi connectivity index (χ4v) is 1.96. The first-order valence-electron chi connectivity index (χ1n) is 3.75. The van der Waals surface area contributed by atoms with Crippen LogP contribution in [-0.2, 0) is 4.74 Å². The molecular weight excluding hydrogens is 204 g/mol. The molecular formula is C8H6N2O3S. The largest absolute Gasteiger partial charge is 0.504 e. The standard InChI is InChI=1S/C8H6N2O3S/c1-13-8(12)6-5(11)4-7(14-6)10-3-2-9-4/h2-3,11H,1H3. The van der Waals surface area contributed by atoms with Crippen LogP contribution in [0.2, 0.25) is 0 Å². The molecule has 0 saturated heterocycles. The van der Waals surface area contributed by atoms with Crippen molar-refractivity contribution in [3.05, 3.63) is 17.3 Å². The zero-order chi connectivity index (χ0) is 10.1. The molecule has 14 heavy (non-hydrogen) atoms. The van der Waals surface area contributed by atoms with Crippen LogP contribution in [0.25, 0.3) is 10.3 Å². The van der Waals surface area contributed by atoms with Crippen molar-refractivity contribution in [1.29, 1.82) is 0 Å². The summed E-state index contributed by atoms with van der Waals surface area (Å²) in [5.74, 6) is -0.739. The van der Waals surface area contributed by atoms with Gasteiger partial charge in [-0.2, -0.15) is 0 Å². The van der Waals surface area contributed by atoms with Crippen LogP contribution in [0.15, 0.2) is 12.4 Å². The molecule has 2 rings (SSSR count). The number of ether oxygens (including phenoxy) is 1. The van der Waals surface area contributed by atoms with E-state index >= 15 is 0 Å². The molecule has 0 amide bonds. The number of nitrogens with zero attached hydrogens (tertiary/aromatic N) is 2. The van der Waals surface area contributed by atoms with E-state index in [1.165, 1.54) is 19.5 Å². The van der Waals surface area contributed by atoms with Crippen molar-refractivity contribution in [3.8, 4) is 5.75 Å². The predicted octanol–water partition coefficient (Wildman–Crippen LogP) is 1.18. The van der Waals surface area contributed by atoms with Crippen molar-refractivity contribution in [2.45, 2.75) is 0 Å². The van der Waals surface area contributed by atoms with Gasteiger partial charge >= 0.3 is 5.97 Å². The van der Waals surface area contributed by atoms with Crippen LogP contribution in [-0.4, -0.2) is 28.2 Å². The number of hydrogen-bond acceptors (Lipinski definition) is 6. The summed E-state index contributed by atoms with van der Waals surface area (Å²) >= 11 is 1.06. The number of esters is 1. The number of carbonyl (C=O) groups is 1. The van der Waals surface area contributed by atoms with Gasteiger partial charge in [-0.05, 0) is 0 Å².